The molecule has 0 aliphatic heterocycles. The fourth-order valence-electron chi connectivity index (χ4n) is 3.10. The summed E-state index contributed by atoms with van der Waals surface area (Å²) in [5, 5.41) is 10.4. The predicted octanol–water partition coefficient (Wildman–Crippen LogP) is 5.19. The fraction of sp³-hybridized carbons (Fsp3) is 0.190. The third kappa shape index (κ3) is 4.42. The Morgan fingerprint density at radius 3 is 2.69 bits per heavy atom. The summed E-state index contributed by atoms with van der Waals surface area (Å²) in [6.45, 7) is 4.43. The number of hydrogen-bond donors (Lipinski definition) is 1. The Morgan fingerprint density at radius 2 is 1.97 bits per heavy atom. The minimum atomic E-state index is -0.0580. The fourth-order valence-corrected chi connectivity index (χ4v) is 5.03. The van der Waals surface area contributed by atoms with Crippen LogP contribution < -0.4 is 5.32 Å². The number of nitrogens with zero attached hydrogens (tertiary/aromatic N) is 3. The molecule has 4 aromatic rings. The number of carbonyl (C=O) groups is 1. The Labute approximate surface area is 182 Å². The number of halogens is 1. The molecule has 3 heterocycles. The van der Waals surface area contributed by atoms with Crippen molar-refractivity contribution in [3.05, 3.63) is 74.8 Å². The number of rotatable bonds is 6. The maximum Gasteiger partial charge on any atom is 0.226 e. The van der Waals surface area contributed by atoms with Crippen LogP contribution in [0.15, 0.2) is 47.8 Å². The first-order valence-electron chi connectivity index (χ1n) is 9.08. The smallest absolute Gasteiger partial charge is 0.226 e. The second kappa shape index (κ2) is 8.49. The molecule has 0 fully saturated rings. The zero-order valence-electron chi connectivity index (χ0n) is 16.0. The van der Waals surface area contributed by atoms with Crippen LogP contribution in [0.25, 0.3) is 15.6 Å². The van der Waals surface area contributed by atoms with E-state index in [0.29, 0.717) is 6.54 Å². The van der Waals surface area contributed by atoms with Crippen molar-refractivity contribution in [1.29, 1.82) is 0 Å². The summed E-state index contributed by atoms with van der Waals surface area (Å²) >= 11 is 9.01. The van der Waals surface area contributed by atoms with Gasteiger partial charge in [0, 0.05) is 23.2 Å². The topological polar surface area (TPSA) is 59.8 Å². The molecule has 0 atom stereocenters. The SMILES string of the molecule is Cc1nn(-c2ccccc2)c(C)c1CNC(=O)Cc1csc(-c2ccc(Cl)s2)n1. The van der Waals surface area contributed by atoms with E-state index in [-0.39, 0.29) is 12.3 Å². The normalized spacial score (nSPS) is 11.0. The molecule has 29 heavy (non-hydrogen) atoms. The van der Waals surface area contributed by atoms with Gasteiger partial charge in [-0.1, -0.05) is 29.8 Å². The average Bonchev–Trinajstić information content (AvgIpc) is 3.41. The number of para-hydroxylation sites is 1. The van der Waals surface area contributed by atoms with Crippen LogP contribution in [0.4, 0.5) is 0 Å². The maximum absolute atomic E-state index is 12.4. The number of thiophene rings is 1. The summed E-state index contributed by atoms with van der Waals surface area (Å²) in [4.78, 5) is 18.0. The van der Waals surface area contributed by atoms with Crippen molar-refractivity contribution in [1.82, 2.24) is 20.1 Å². The molecule has 1 aromatic carbocycles. The van der Waals surface area contributed by atoms with Crippen LogP contribution in [0.5, 0.6) is 0 Å². The minimum absolute atomic E-state index is 0.0580. The summed E-state index contributed by atoms with van der Waals surface area (Å²) in [7, 11) is 0. The van der Waals surface area contributed by atoms with Gasteiger partial charge >= 0.3 is 0 Å². The molecule has 0 spiro atoms. The van der Waals surface area contributed by atoms with Crippen molar-refractivity contribution in [2.24, 2.45) is 0 Å². The summed E-state index contributed by atoms with van der Waals surface area (Å²) in [6.07, 6.45) is 0.251. The lowest BCUT2D eigenvalue weighted by molar-refractivity contribution is -0.120. The van der Waals surface area contributed by atoms with Crippen molar-refractivity contribution >= 4 is 40.2 Å². The molecular formula is C21H19ClN4OS2. The zero-order valence-corrected chi connectivity index (χ0v) is 18.4. The number of nitrogens with one attached hydrogen (secondary N) is 1. The summed E-state index contributed by atoms with van der Waals surface area (Å²) < 4.78 is 2.65. The lowest BCUT2D eigenvalue weighted by Gasteiger charge is -2.07. The third-order valence-electron chi connectivity index (χ3n) is 4.58. The molecular weight excluding hydrogens is 424 g/mol. The molecule has 8 heteroatoms. The van der Waals surface area contributed by atoms with Crippen molar-refractivity contribution < 1.29 is 4.79 Å². The Balaban J connectivity index is 1.40. The molecule has 0 bridgehead atoms. The second-order valence-corrected chi connectivity index (χ2v) is 9.17. The van der Waals surface area contributed by atoms with Gasteiger partial charge in [-0.15, -0.1) is 22.7 Å². The minimum Gasteiger partial charge on any atom is -0.352 e. The van der Waals surface area contributed by atoms with Gasteiger partial charge in [0.05, 0.1) is 32.7 Å². The van der Waals surface area contributed by atoms with E-state index in [1.165, 1.54) is 22.7 Å². The lowest BCUT2D eigenvalue weighted by atomic mass is 10.2. The lowest BCUT2D eigenvalue weighted by Crippen LogP contribution is -2.25. The van der Waals surface area contributed by atoms with Crippen molar-refractivity contribution in [3.63, 3.8) is 0 Å². The van der Waals surface area contributed by atoms with E-state index in [2.05, 4.69) is 15.4 Å². The van der Waals surface area contributed by atoms with Crippen LogP contribution in [0.1, 0.15) is 22.6 Å². The third-order valence-corrected chi connectivity index (χ3v) is 6.87. The monoisotopic (exact) mass is 442 g/mol. The number of amides is 1. The van der Waals surface area contributed by atoms with Crippen LogP contribution in [0.2, 0.25) is 4.34 Å². The number of thiazole rings is 1. The van der Waals surface area contributed by atoms with E-state index in [0.717, 1.165) is 42.6 Å². The average molecular weight is 443 g/mol. The van der Waals surface area contributed by atoms with Gasteiger partial charge in [-0.05, 0) is 38.1 Å². The molecule has 4 rings (SSSR count). The van der Waals surface area contributed by atoms with Crippen LogP contribution in [0, 0.1) is 13.8 Å². The van der Waals surface area contributed by atoms with Crippen molar-refractivity contribution in [2.45, 2.75) is 26.8 Å². The molecule has 0 saturated carbocycles. The molecule has 1 N–H and O–H groups in total. The first-order chi connectivity index (χ1) is 14.0. The summed E-state index contributed by atoms with van der Waals surface area (Å²) in [5.41, 5.74) is 4.75. The highest BCUT2D eigenvalue weighted by atomic mass is 35.5. The Hall–Kier alpha value is -2.48. The van der Waals surface area contributed by atoms with Gasteiger partial charge in [0.2, 0.25) is 5.91 Å². The Bertz CT molecular complexity index is 1150. The highest BCUT2D eigenvalue weighted by molar-refractivity contribution is 7.23. The Morgan fingerprint density at radius 1 is 1.17 bits per heavy atom. The van der Waals surface area contributed by atoms with Crippen molar-refractivity contribution in [3.8, 4) is 15.6 Å². The summed E-state index contributed by atoms with van der Waals surface area (Å²) in [6, 6.07) is 13.8. The van der Waals surface area contributed by atoms with E-state index in [9.17, 15) is 4.79 Å². The molecule has 3 aromatic heterocycles. The van der Waals surface area contributed by atoms with E-state index < -0.39 is 0 Å². The molecule has 0 aliphatic carbocycles. The number of carbonyl (C=O) groups excluding carboxylic acids is 1. The van der Waals surface area contributed by atoms with Crippen molar-refractivity contribution in [2.75, 3.05) is 0 Å². The van der Waals surface area contributed by atoms with E-state index in [1.54, 1.807) is 0 Å². The second-order valence-electron chi connectivity index (χ2n) is 6.60. The first-order valence-corrected chi connectivity index (χ1v) is 11.2. The van der Waals surface area contributed by atoms with Crippen LogP contribution in [0.3, 0.4) is 0 Å². The first kappa shape index (κ1) is 19.8. The van der Waals surface area contributed by atoms with Gasteiger partial charge in [0.25, 0.3) is 0 Å². The molecule has 5 nitrogen and oxygen atoms in total. The molecule has 148 valence electrons. The highest BCUT2D eigenvalue weighted by Gasteiger charge is 2.15. The molecule has 0 saturated heterocycles. The molecule has 0 unspecified atom stereocenters. The van der Waals surface area contributed by atoms with E-state index >= 15 is 0 Å². The van der Waals surface area contributed by atoms with Crippen LogP contribution >= 0.6 is 34.3 Å². The predicted molar refractivity (Wildman–Crippen MR) is 119 cm³/mol. The van der Waals surface area contributed by atoms with Gasteiger partial charge in [0.1, 0.15) is 5.01 Å². The zero-order chi connectivity index (χ0) is 20.4. The van der Waals surface area contributed by atoms with Gasteiger partial charge in [0.15, 0.2) is 0 Å². The van der Waals surface area contributed by atoms with Crippen LogP contribution in [-0.2, 0) is 17.8 Å². The number of hydrogen-bond acceptors (Lipinski definition) is 5. The summed E-state index contributed by atoms with van der Waals surface area (Å²) in [5.74, 6) is -0.0580. The number of aromatic nitrogens is 3. The van der Waals surface area contributed by atoms with E-state index in [4.69, 9.17) is 11.6 Å². The molecule has 0 aliphatic rings. The largest absolute Gasteiger partial charge is 0.352 e. The van der Waals surface area contributed by atoms with Gasteiger partial charge < -0.3 is 5.32 Å². The maximum atomic E-state index is 12.4. The van der Waals surface area contributed by atoms with Crippen LogP contribution in [-0.4, -0.2) is 20.7 Å². The van der Waals surface area contributed by atoms with Gasteiger partial charge in [-0.3, -0.25) is 4.79 Å². The molecule has 0 radical (unpaired) electrons. The number of benzene rings is 1. The Kier molecular flexibility index (Phi) is 5.80. The van der Waals surface area contributed by atoms with Gasteiger partial charge in [-0.25, -0.2) is 9.67 Å². The van der Waals surface area contributed by atoms with Gasteiger partial charge in [-0.2, -0.15) is 5.10 Å². The quantitative estimate of drug-likeness (QED) is 0.447. The van der Waals surface area contributed by atoms with E-state index in [1.807, 2.05) is 66.4 Å². The number of aryl methyl sites for hydroxylation is 1. The highest BCUT2D eigenvalue weighted by Crippen LogP contribution is 2.33. The standard InChI is InChI=1S/C21H19ClN4OS2/c1-13-17(14(2)26(25-13)16-6-4-3-5-7-16)11-23-20(27)10-15-12-28-21(24-15)18-8-9-19(22)29-18/h3-9,12H,10-11H2,1-2H3,(H,23,27). The molecule has 1 amide bonds.